The molecule has 142 valence electrons. The number of carbonyl (C=O) groups is 1. The number of sulfonamides is 1. The van der Waals surface area contributed by atoms with E-state index in [1.54, 1.807) is 35.7 Å². The zero-order valence-corrected chi connectivity index (χ0v) is 16.9. The lowest BCUT2D eigenvalue weighted by Gasteiger charge is -2.29. The summed E-state index contributed by atoms with van der Waals surface area (Å²) in [4.78, 5) is 13.0. The van der Waals surface area contributed by atoms with Crippen molar-refractivity contribution >= 4 is 50.1 Å². The zero-order valence-electron chi connectivity index (χ0n) is 14.5. The molecule has 4 rings (SSSR count). The number of rotatable bonds is 4. The maximum atomic E-state index is 13.2. The van der Waals surface area contributed by atoms with E-state index in [0.29, 0.717) is 21.3 Å². The van der Waals surface area contributed by atoms with E-state index >= 15 is 0 Å². The van der Waals surface area contributed by atoms with E-state index in [1.165, 1.54) is 21.8 Å². The van der Waals surface area contributed by atoms with Gasteiger partial charge in [0, 0.05) is 16.9 Å². The van der Waals surface area contributed by atoms with Crippen LogP contribution < -0.4 is 9.62 Å². The van der Waals surface area contributed by atoms with Crippen molar-refractivity contribution in [3.8, 4) is 0 Å². The summed E-state index contributed by atoms with van der Waals surface area (Å²) in [5.41, 5.74) is 1.89. The molecule has 0 aliphatic carbocycles. The number of hydrogen-bond acceptors (Lipinski definition) is 5. The Balaban J connectivity index is 1.74. The van der Waals surface area contributed by atoms with Crippen molar-refractivity contribution in [2.75, 3.05) is 9.62 Å². The Morgan fingerprint density at radius 2 is 1.75 bits per heavy atom. The molecule has 3 aromatic rings. The number of carbonyl (C=O) groups excluding carboxylic acids is 1. The monoisotopic (exact) mass is 430 g/mol. The summed E-state index contributed by atoms with van der Waals surface area (Å²) < 4.78 is 27.8. The average Bonchev–Trinajstić information content (AvgIpc) is 3.17. The van der Waals surface area contributed by atoms with Crippen LogP contribution in [0.25, 0.3) is 0 Å². The smallest absolute Gasteiger partial charge is 0.270 e. The lowest BCUT2D eigenvalue weighted by atomic mass is 10.2. The van der Waals surface area contributed by atoms with E-state index in [9.17, 15) is 13.2 Å². The number of ketones is 1. The molecule has 28 heavy (non-hydrogen) atoms. The Morgan fingerprint density at radius 1 is 1.04 bits per heavy atom. The third-order valence-corrected chi connectivity index (χ3v) is 7.21. The van der Waals surface area contributed by atoms with Crippen LogP contribution in [0.4, 0.5) is 11.4 Å². The molecule has 0 fully saturated rings. The molecule has 8 heteroatoms. The number of fused-ring (bicyclic) bond motifs is 1. The average molecular weight is 431 g/mol. The van der Waals surface area contributed by atoms with Crippen LogP contribution in [0.2, 0.25) is 5.02 Å². The van der Waals surface area contributed by atoms with Crippen LogP contribution in [0.1, 0.15) is 15.2 Å². The summed E-state index contributed by atoms with van der Waals surface area (Å²) >= 11 is 7.10. The van der Waals surface area contributed by atoms with Gasteiger partial charge < -0.3 is 5.32 Å². The quantitative estimate of drug-likeness (QED) is 0.598. The number of halogens is 1. The van der Waals surface area contributed by atoms with E-state index in [2.05, 4.69) is 5.32 Å². The van der Waals surface area contributed by atoms with Crippen LogP contribution in [-0.4, -0.2) is 14.2 Å². The topological polar surface area (TPSA) is 66.5 Å². The Hall–Kier alpha value is -2.61. The number of thiophene rings is 1. The second-order valence-corrected chi connectivity index (χ2v) is 9.30. The number of nitrogens with one attached hydrogen (secondary N) is 1. The Kier molecular flexibility index (Phi) is 4.97. The van der Waals surface area contributed by atoms with Gasteiger partial charge in [0.1, 0.15) is 4.88 Å². The predicted molar refractivity (Wildman–Crippen MR) is 113 cm³/mol. The van der Waals surface area contributed by atoms with Crippen molar-refractivity contribution in [3.63, 3.8) is 0 Å². The van der Waals surface area contributed by atoms with Crippen LogP contribution in [0, 0.1) is 0 Å². The molecule has 5 nitrogen and oxygen atoms in total. The second-order valence-electron chi connectivity index (χ2n) is 6.12. The fraction of sp³-hybridized carbons (Fsp3) is 0.0500. The van der Waals surface area contributed by atoms with Gasteiger partial charge in [-0.2, -0.15) is 0 Å². The summed E-state index contributed by atoms with van der Waals surface area (Å²) in [6.45, 7) is 0.151. The highest BCUT2D eigenvalue weighted by Gasteiger charge is 2.41. The van der Waals surface area contributed by atoms with Crippen molar-refractivity contribution in [3.05, 3.63) is 92.6 Å². The fourth-order valence-electron chi connectivity index (χ4n) is 2.90. The highest BCUT2D eigenvalue weighted by atomic mass is 35.5. The summed E-state index contributed by atoms with van der Waals surface area (Å²) in [6, 6.07) is 17.7. The Bertz CT molecular complexity index is 1150. The molecular formula is C20H15ClN2O3S2. The number of benzene rings is 2. The van der Waals surface area contributed by atoms with Gasteiger partial charge in [-0.25, -0.2) is 8.42 Å². The van der Waals surface area contributed by atoms with Crippen molar-refractivity contribution in [1.29, 1.82) is 0 Å². The first-order valence-electron chi connectivity index (χ1n) is 8.38. The van der Waals surface area contributed by atoms with E-state index in [1.807, 2.05) is 30.3 Å². The number of Topliss-reactive ketones (excluding diaryl/α,β-unsaturated/α-hetero) is 1. The molecule has 0 radical (unpaired) electrons. The van der Waals surface area contributed by atoms with E-state index in [0.717, 1.165) is 5.56 Å². The predicted octanol–water partition coefficient (Wildman–Crippen LogP) is 4.89. The number of anilines is 2. The summed E-state index contributed by atoms with van der Waals surface area (Å²) in [5.74, 6) is -0.504. The lowest BCUT2D eigenvalue weighted by Crippen LogP contribution is -2.38. The molecule has 1 aromatic heterocycles. The van der Waals surface area contributed by atoms with Crippen LogP contribution in [0.3, 0.4) is 0 Å². The standard InChI is InChI=1S/C20H15ClN2O3S2/c21-15-6-8-16(9-7-15)22-12-18-19(24)20-17(10-11-27-20)23(28(18,25)26)13-14-4-2-1-3-5-14/h1-12,22H,13H2/b18-12-. The molecule has 0 spiro atoms. The molecule has 1 aliphatic rings. The van der Waals surface area contributed by atoms with Gasteiger partial charge in [0.15, 0.2) is 4.91 Å². The molecule has 2 heterocycles. The fourth-order valence-corrected chi connectivity index (χ4v) is 5.51. The molecule has 0 unspecified atom stereocenters. The van der Waals surface area contributed by atoms with Gasteiger partial charge in [0.25, 0.3) is 10.0 Å². The van der Waals surface area contributed by atoms with Crippen molar-refractivity contribution in [2.24, 2.45) is 0 Å². The Labute approximate surface area is 171 Å². The summed E-state index contributed by atoms with van der Waals surface area (Å²) in [6.07, 6.45) is 1.25. The van der Waals surface area contributed by atoms with E-state index in [4.69, 9.17) is 11.6 Å². The van der Waals surface area contributed by atoms with Crippen LogP contribution in [-0.2, 0) is 16.6 Å². The van der Waals surface area contributed by atoms with Gasteiger partial charge in [-0.05, 0) is 41.3 Å². The first-order chi connectivity index (χ1) is 13.5. The Morgan fingerprint density at radius 3 is 2.46 bits per heavy atom. The maximum absolute atomic E-state index is 13.2. The molecule has 0 amide bonds. The van der Waals surface area contributed by atoms with Crippen LogP contribution >= 0.6 is 22.9 Å². The van der Waals surface area contributed by atoms with Crippen molar-refractivity contribution in [2.45, 2.75) is 6.54 Å². The minimum atomic E-state index is -4.01. The third kappa shape index (κ3) is 3.44. The molecule has 1 N–H and O–H groups in total. The highest BCUT2D eigenvalue weighted by molar-refractivity contribution is 7.97. The SMILES string of the molecule is O=C1/C(=C/Nc2ccc(Cl)cc2)S(=O)(=O)N(Cc2ccccc2)c2ccsc21. The van der Waals surface area contributed by atoms with Gasteiger partial charge in [0.05, 0.1) is 12.2 Å². The van der Waals surface area contributed by atoms with Gasteiger partial charge in [0.2, 0.25) is 5.78 Å². The normalized spacial score (nSPS) is 16.8. The molecule has 0 atom stereocenters. The molecule has 0 bridgehead atoms. The minimum Gasteiger partial charge on any atom is -0.360 e. The number of allylic oxidation sites excluding steroid dienone is 1. The lowest BCUT2D eigenvalue weighted by molar-refractivity contribution is 0.104. The number of nitrogens with zero attached hydrogens (tertiary/aromatic N) is 1. The van der Waals surface area contributed by atoms with E-state index < -0.39 is 15.8 Å². The second kappa shape index (κ2) is 7.43. The molecule has 0 saturated carbocycles. The molecular weight excluding hydrogens is 416 g/mol. The number of hydrogen-bond donors (Lipinski definition) is 1. The summed E-state index contributed by atoms with van der Waals surface area (Å²) in [7, 11) is -4.01. The largest absolute Gasteiger partial charge is 0.360 e. The highest BCUT2D eigenvalue weighted by Crippen LogP contribution is 2.39. The molecule has 1 aliphatic heterocycles. The third-order valence-electron chi connectivity index (χ3n) is 4.29. The van der Waals surface area contributed by atoms with Gasteiger partial charge in [-0.15, -0.1) is 11.3 Å². The zero-order chi connectivity index (χ0) is 19.7. The van der Waals surface area contributed by atoms with Gasteiger partial charge >= 0.3 is 0 Å². The van der Waals surface area contributed by atoms with E-state index in [-0.39, 0.29) is 11.4 Å². The minimum absolute atomic E-state index is 0.151. The van der Waals surface area contributed by atoms with Crippen LogP contribution in [0.15, 0.2) is 77.1 Å². The maximum Gasteiger partial charge on any atom is 0.270 e. The van der Waals surface area contributed by atoms with Crippen LogP contribution in [0.5, 0.6) is 0 Å². The molecule has 0 saturated heterocycles. The van der Waals surface area contributed by atoms with Gasteiger partial charge in [-0.3, -0.25) is 9.10 Å². The van der Waals surface area contributed by atoms with Crippen molar-refractivity contribution in [1.82, 2.24) is 0 Å². The first kappa shape index (κ1) is 18.7. The first-order valence-corrected chi connectivity index (χ1v) is 11.1. The van der Waals surface area contributed by atoms with Gasteiger partial charge in [-0.1, -0.05) is 41.9 Å². The summed E-state index contributed by atoms with van der Waals surface area (Å²) in [5, 5.41) is 5.19. The molecule has 2 aromatic carbocycles. The van der Waals surface area contributed by atoms with Crippen molar-refractivity contribution < 1.29 is 13.2 Å².